The van der Waals surface area contributed by atoms with Gasteiger partial charge >= 0.3 is 11.7 Å². The number of nitrogens with two attached hydrogens (primary N) is 1. The Morgan fingerprint density at radius 1 is 1.48 bits per heavy atom. The van der Waals surface area contributed by atoms with Gasteiger partial charge in [0.15, 0.2) is 0 Å². The summed E-state index contributed by atoms with van der Waals surface area (Å²) in [7, 11) is 0. The Labute approximate surface area is 130 Å². The van der Waals surface area contributed by atoms with E-state index in [1.165, 1.54) is 12.1 Å². The van der Waals surface area contributed by atoms with Crippen molar-refractivity contribution in [3.8, 4) is 5.75 Å². The van der Waals surface area contributed by atoms with Crippen molar-refractivity contribution in [2.24, 2.45) is 0 Å². The highest BCUT2D eigenvalue weighted by atomic mass is 16.6. The molecule has 23 heavy (non-hydrogen) atoms. The molecule has 1 heterocycles. The summed E-state index contributed by atoms with van der Waals surface area (Å²) < 4.78 is 4.74. The third-order valence-electron chi connectivity index (χ3n) is 2.66. The van der Waals surface area contributed by atoms with Crippen molar-refractivity contribution in [3.05, 3.63) is 40.1 Å². The molecule has 1 aromatic carbocycles. The number of nitrogens with zero attached hydrogens (tertiary/aromatic N) is 3. The highest BCUT2D eigenvalue weighted by Crippen LogP contribution is 2.27. The predicted molar refractivity (Wildman–Crippen MR) is 80.4 cm³/mol. The lowest BCUT2D eigenvalue weighted by molar-refractivity contribution is -0.384. The summed E-state index contributed by atoms with van der Waals surface area (Å²) in [6, 6.07) is 6.01. The smallest absolute Gasteiger partial charge is 0.364 e. The quantitative estimate of drug-likeness (QED) is 0.423. The molecule has 10 nitrogen and oxygen atoms in total. The Hall–Kier alpha value is -3.43. The molecular weight excluding hydrogens is 306 g/mol. The fourth-order valence-electron chi connectivity index (χ4n) is 1.76. The molecule has 0 aliphatic heterocycles. The molecule has 0 spiro atoms. The molecule has 0 fully saturated rings. The number of hydrogen-bond acceptors (Lipinski definition) is 9. The standard InChI is InChI=1S/C13H13N5O5/c1-2-23-12(20)9-10(18(21)22)11(14)17-13(16-9)15-7-4-3-5-8(19)6-7/h3-6,19H,2H2,1H3,(H3,14,15,16,17). The van der Waals surface area contributed by atoms with Crippen LogP contribution in [0.2, 0.25) is 0 Å². The van der Waals surface area contributed by atoms with Crippen LogP contribution in [0, 0.1) is 10.1 Å². The van der Waals surface area contributed by atoms with Crippen LogP contribution in [-0.4, -0.2) is 32.6 Å². The Kier molecular flexibility index (Phi) is 4.55. The topological polar surface area (TPSA) is 154 Å². The number of carbonyl (C=O) groups excluding carboxylic acids is 1. The second-order valence-corrected chi connectivity index (χ2v) is 4.28. The third-order valence-corrected chi connectivity index (χ3v) is 2.66. The van der Waals surface area contributed by atoms with Crippen LogP contribution in [0.25, 0.3) is 0 Å². The van der Waals surface area contributed by atoms with Crippen LogP contribution in [0.5, 0.6) is 5.75 Å². The molecule has 0 atom stereocenters. The number of rotatable bonds is 5. The number of benzene rings is 1. The monoisotopic (exact) mass is 319 g/mol. The van der Waals surface area contributed by atoms with Gasteiger partial charge in [-0.3, -0.25) is 10.1 Å². The normalized spacial score (nSPS) is 10.1. The number of anilines is 3. The highest BCUT2D eigenvalue weighted by molar-refractivity contribution is 5.94. The van der Waals surface area contributed by atoms with Crippen molar-refractivity contribution in [1.82, 2.24) is 9.97 Å². The zero-order valence-electron chi connectivity index (χ0n) is 12.0. The molecule has 0 saturated carbocycles. The van der Waals surface area contributed by atoms with Crippen LogP contribution in [0.15, 0.2) is 24.3 Å². The van der Waals surface area contributed by atoms with Crippen LogP contribution < -0.4 is 11.1 Å². The summed E-state index contributed by atoms with van der Waals surface area (Å²) in [6.07, 6.45) is 0. The summed E-state index contributed by atoms with van der Waals surface area (Å²) in [5.41, 5.74) is 4.69. The van der Waals surface area contributed by atoms with Crippen LogP contribution >= 0.6 is 0 Å². The van der Waals surface area contributed by atoms with E-state index in [1.54, 1.807) is 19.1 Å². The van der Waals surface area contributed by atoms with Crippen LogP contribution in [-0.2, 0) is 4.74 Å². The summed E-state index contributed by atoms with van der Waals surface area (Å²) >= 11 is 0. The summed E-state index contributed by atoms with van der Waals surface area (Å²) in [4.78, 5) is 29.6. The van der Waals surface area contributed by atoms with Crippen molar-refractivity contribution >= 4 is 29.1 Å². The number of nitro groups is 1. The molecule has 0 aliphatic carbocycles. The fraction of sp³-hybridized carbons (Fsp3) is 0.154. The number of ether oxygens (including phenoxy) is 1. The van der Waals surface area contributed by atoms with Crippen LogP contribution in [0.4, 0.5) is 23.1 Å². The second kappa shape index (κ2) is 6.56. The van der Waals surface area contributed by atoms with Gasteiger partial charge in [-0.15, -0.1) is 0 Å². The first-order chi connectivity index (χ1) is 10.9. The minimum absolute atomic E-state index is 0.00417. The number of nitrogens with one attached hydrogen (secondary N) is 1. The third kappa shape index (κ3) is 3.61. The van der Waals surface area contributed by atoms with Gasteiger partial charge in [0.1, 0.15) is 5.75 Å². The summed E-state index contributed by atoms with van der Waals surface area (Å²) in [6.45, 7) is 1.58. The van der Waals surface area contributed by atoms with E-state index >= 15 is 0 Å². The number of aromatic nitrogens is 2. The van der Waals surface area contributed by atoms with Crippen LogP contribution in [0.1, 0.15) is 17.4 Å². The molecule has 10 heteroatoms. The van der Waals surface area contributed by atoms with Crippen molar-refractivity contribution in [3.63, 3.8) is 0 Å². The molecule has 0 saturated heterocycles. The first-order valence-corrected chi connectivity index (χ1v) is 6.47. The molecule has 120 valence electrons. The average molecular weight is 319 g/mol. The molecule has 0 radical (unpaired) electrons. The minimum atomic E-state index is -0.979. The van der Waals surface area contributed by atoms with Crippen molar-refractivity contribution in [2.75, 3.05) is 17.7 Å². The number of hydrogen-bond donors (Lipinski definition) is 3. The molecule has 1 aromatic heterocycles. The fourth-order valence-corrected chi connectivity index (χ4v) is 1.76. The Morgan fingerprint density at radius 2 is 2.22 bits per heavy atom. The Morgan fingerprint density at radius 3 is 2.83 bits per heavy atom. The molecular formula is C13H13N5O5. The lowest BCUT2D eigenvalue weighted by Gasteiger charge is -2.08. The van der Waals surface area contributed by atoms with E-state index in [0.717, 1.165) is 0 Å². The van der Waals surface area contributed by atoms with Gasteiger partial charge in [0.05, 0.1) is 11.5 Å². The molecule has 0 aliphatic rings. The van der Waals surface area contributed by atoms with Crippen molar-refractivity contribution < 1.29 is 19.6 Å². The lowest BCUT2D eigenvalue weighted by Crippen LogP contribution is -2.15. The lowest BCUT2D eigenvalue weighted by atomic mass is 10.3. The van der Waals surface area contributed by atoms with E-state index in [4.69, 9.17) is 10.5 Å². The number of aromatic hydroxyl groups is 1. The van der Waals surface area contributed by atoms with Crippen LogP contribution in [0.3, 0.4) is 0 Å². The van der Waals surface area contributed by atoms with Gasteiger partial charge in [-0.2, -0.15) is 9.97 Å². The molecule has 0 unspecified atom stereocenters. The predicted octanol–water partition coefficient (Wildman–Crippen LogP) is 1.59. The SMILES string of the molecule is CCOC(=O)c1nc(Nc2cccc(O)c2)nc(N)c1[N+](=O)[O-]. The van der Waals surface area contributed by atoms with Gasteiger partial charge < -0.3 is 20.9 Å². The van der Waals surface area contributed by atoms with Gasteiger partial charge in [0, 0.05) is 11.8 Å². The van der Waals surface area contributed by atoms with E-state index in [-0.39, 0.29) is 18.3 Å². The summed E-state index contributed by atoms with van der Waals surface area (Å²) in [5, 5.41) is 23.2. The summed E-state index contributed by atoms with van der Waals surface area (Å²) in [5.74, 6) is -1.60. The molecule has 2 aromatic rings. The highest BCUT2D eigenvalue weighted by Gasteiger charge is 2.29. The number of nitrogen functional groups attached to an aromatic ring is 1. The van der Waals surface area contributed by atoms with E-state index in [9.17, 15) is 20.0 Å². The molecule has 2 rings (SSSR count). The molecule has 0 bridgehead atoms. The molecule has 4 N–H and O–H groups in total. The molecule has 0 amide bonds. The number of phenols is 1. The maximum absolute atomic E-state index is 11.8. The minimum Gasteiger partial charge on any atom is -0.508 e. The van der Waals surface area contributed by atoms with Gasteiger partial charge in [-0.25, -0.2) is 4.79 Å². The van der Waals surface area contributed by atoms with Gasteiger partial charge in [-0.05, 0) is 19.1 Å². The maximum Gasteiger partial charge on any atom is 0.364 e. The zero-order valence-corrected chi connectivity index (χ0v) is 12.0. The van der Waals surface area contributed by atoms with Gasteiger partial charge in [-0.1, -0.05) is 6.07 Å². The van der Waals surface area contributed by atoms with Crippen molar-refractivity contribution in [1.29, 1.82) is 0 Å². The Bertz CT molecular complexity index is 764. The maximum atomic E-state index is 11.8. The Balaban J connectivity index is 2.46. The van der Waals surface area contributed by atoms with E-state index in [1.807, 2.05) is 0 Å². The first kappa shape index (κ1) is 15.9. The zero-order chi connectivity index (χ0) is 17.0. The first-order valence-electron chi connectivity index (χ1n) is 6.47. The number of carbonyl (C=O) groups is 1. The number of phenolic OH excluding ortho intramolecular Hbond substituents is 1. The van der Waals surface area contributed by atoms with E-state index < -0.39 is 28.1 Å². The van der Waals surface area contributed by atoms with E-state index in [0.29, 0.717) is 5.69 Å². The largest absolute Gasteiger partial charge is 0.508 e. The van der Waals surface area contributed by atoms with Crippen molar-refractivity contribution in [2.45, 2.75) is 6.92 Å². The van der Waals surface area contributed by atoms with E-state index in [2.05, 4.69) is 15.3 Å². The second-order valence-electron chi connectivity index (χ2n) is 4.28. The van der Waals surface area contributed by atoms with Gasteiger partial charge in [0.25, 0.3) is 0 Å². The number of esters is 1. The average Bonchev–Trinajstić information content (AvgIpc) is 2.46. The van der Waals surface area contributed by atoms with Gasteiger partial charge in [0.2, 0.25) is 17.5 Å².